The monoisotopic (exact) mass is 231 g/mol. The third-order valence-corrected chi connectivity index (χ3v) is 2.66. The van der Waals surface area contributed by atoms with Gasteiger partial charge in [-0.25, -0.2) is 4.79 Å². The molecule has 0 bridgehead atoms. The number of carbonyl (C=O) groups excluding carboxylic acids is 2. The lowest BCUT2D eigenvalue weighted by atomic mass is 10.2. The Balaban J connectivity index is 2.39. The summed E-state index contributed by atoms with van der Waals surface area (Å²) in [5.74, 6) is -1.11. The number of carbonyl (C=O) groups is 2. The van der Waals surface area contributed by atoms with Crippen LogP contribution < -0.4 is 0 Å². The zero-order chi connectivity index (χ0) is 12.4. The molecular weight excluding hydrogens is 218 g/mol. The van der Waals surface area contributed by atoms with Crippen LogP contribution in [-0.2, 0) is 16.6 Å². The van der Waals surface area contributed by atoms with Crippen LogP contribution >= 0.6 is 0 Å². The van der Waals surface area contributed by atoms with Crippen molar-refractivity contribution >= 4 is 22.8 Å². The maximum atomic E-state index is 11.7. The number of para-hydroxylation sites is 1. The first-order chi connectivity index (χ1) is 8.13. The lowest BCUT2D eigenvalue weighted by Crippen LogP contribution is -2.14. The van der Waals surface area contributed by atoms with Crippen LogP contribution in [0.4, 0.5) is 0 Å². The molecule has 0 radical (unpaired) electrons. The molecule has 0 aliphatic heterocycles. The molecule has 0 atom stereocenters. The number of fused-ring (bicyclic) bond motifs is 1. The number of hydrogen-bond donors (Lipinski definition) is 0. The zero-order valence-corrected chi connectivity index (χ0v) is 9.77. The van der Waals surface area contributed by atoms with Crippen molar-refractivity contribution in [1.29, 1.82) is 0 Å². The van der Waals surface area contributed by atoms with Gasteiger partial charge < -0.3 is 9.30 Å². The zero-order valence-electron chi connectivity index (χ0n) is 9.77. The Morgan fingerprint density at radius 1 is 1.29 bits per heavy atom. The van der Waals surface area contributed by atoms with Gasteiger partial charge in [0.25, 0.3) is 0 Å². The van der Waals surface area contributed by atoms with E-state index in [4.69, 9.17) is 4.74 Å². The molecule has 2 rings (SSSR count). The lowest BCUT2D eigenvalue weighted by molar-refractivity contribution is -0.137. The van der Waals surface area contributed by atoms with Crippen LogP contribution in [0.15, 0.2) is 30.3 Å². The summed E-state index contributed by atoms with van der Waals surface area (Å²) in [6, 6.07) is 9.34. The summed E-state index contributed by atoms with van der Waals surface area (Å²) in [5.41, 5.74) is 1.32. The van der Waals surface area contributed by atoms with E-state index in [0.29, 0.717) is 5.69 Å². The highest BCUT2D eigenvalue weighted by Gasteiger charge is 2.16. The Labute approximate surface area is 98.8 Å². The fraction of sp³-hybridized carbons (Fsp3) is 0.231. The Morgan fingerprint density at radius 3 is 2.65 bits per heavy atom. The van der Waals surface area contributed by atoms with Crippen molar-refractivity contribution in [3.05, 3.63) is 36.0 Å². The average molecular weight is 231 g/mol. The van der Waals surface area contributed by atoms with Crippen LogP contribution in [0.3, 0.4) is 0 Å². The number of rotatable bonds is 2. The minimum absolute atomic E-state index is 0.190. The van der Waals surface area contributed by atoms with Crippen molar-refractivity contribution < 1.29 is 14.3 Å². The Hall–Kier alpha value is -2.10. The Bertz CT molecular complexity index is 583. The lowest BCUT2D eigenvalue weighted by Gasteiger charge is -2.03. The largest absolute Gasteiger partial charge is 0.388 e. The van der Waals surface area contributed by atoms with Crippen LogP contribution in [0.1, 0.15) is 23.8 Å². The Kier molecular flexibility index (Phi) is 2.95. The van der Waals surface area contributed by atoms with Gasteiger partial charge in [0.15, 0.2) is 0 Å². The van der Waals surface area contributed by atoms with Gasteiger partial charge in [-0.2, -0.15) is 0 Å². The molecule has 17 heavy (non-hydrogen) atoms. The summed E-state index contributed by atoms with van der Waals surface area (Å²) in [4.78, 5) is 22.8. The standard InChI is InChI=1S/C13H13NO3/c1-3-12(15)17-13(16)11-8-9-6-4-5-7-10(9)14(11)2/h4-8H,3H2,1-2H3. The van der Waals surface area contributed by atoms with E-state index in [1.165, 1.54) is 0 Å². The smallest absolute Gasteiger partial charge is 0.362 e. The fourth-order valence-corrected chi connectivity index (χ4v) is 1.71. The summed E-state index contributed by atoms with van der Waals surface area (Å²) in [6.07, 6.45) is 0.190. The van der Waals surface area contributed by atoms with Crippen LogP contribution in [0.2, 0.25) is 0 Å². The van der Waals surface area contributed by atoms with Crippen LogP contribution in [0, 0.1) is 0 Å². The van der Waals surface area contributed by atoms with Crippen molar-refractivity contribution in [2.24, 2.45) is 7.05 Å². The van der Waals surface area contributed by atoms with Gasteiger partial charge in [-0.15, -0.1) is 0 Å². The minimum atomic E-state index is -0.601. The van der Waals surface area contributed by atoms with Crippen LogP contribution in [0.25, 0.3) is 10.9 Å². The van der Waals surface area contributed by atoms with Crippen molar-refractivity contribution in [3.63, 3.8) is 0 Å². The molecule has 2 aromatic rings. The van der Waals surface area contributed by atoms with E-state index in [2.05, 4.69) is 0 Å². The molecule has 0 unspecified atom stereocenters. The third kappa shape index (κ3) is 2.06. The SMILES string of the molecule is CCC(=O)OC(=O)c1cc2ccccc2n1C. The molecular formula is C13H13NO3. The summed E-state index contributed by atoms with van der Waals surface area (Å²) < 4.78 is 6.42. The highest BCUT2D eigenvalue weighted by atomic mass is 16.6. The minimum Gasteiger partial charge on any atom is -0.388 e. The van der Waals surface area contributed by atoms with E-state index < -0.39 is 11.9 Å². The van der Waals surface area contributed by atoms with E-state index in [-0.39, 0.29) is 6.42 Å². The second-order valence-electron chi connectivity index (χ2n) is 3.76. The molecule has 4 nitrogen and oxygen atoms in total. The number of esters is 2. The number of ether oxygens (including phenoxy) is 1. The molecule has 0 saturated carbocycles. The van der Waals surface area contributed by atoms with E-state index in [9.17, 15) is 9.59 Å². The van der Waals surface area contributed by atoms with Gasteiger partial charge in [0.2, 0.25) is 0 Å². The number of hydrogen-bond acceptors (Lipinski definition) is 3. The number of aryl methyl sites for hydroxylation is 1. The third-order valence-electron chi connectivity index (χ3n) is 2.66. The maximum Gasteiger partial charge on any atom is 0.362 e. The van der Waals surface area contributed by atoms with E-state index in [1.807, 2.05) is 24.3 Å². The van der Waals surface area contributed by atoms with Gasteiger partial charge in [-0.3, -0.25) is 4.79 Å². The van der Waals surface area contributed by atoms with Gasteiger partial charge in [0, 0.05) is 24.4 Å². The van der Waals surface area contributed by atoms with Crippen molar-refractivity contribution in [1.82, 2.24) is 4.57 Å². The molecule has 0 aliphatic rings. The summed E-state index contributed by atoms with van der Waals surface area (Å²) >= 11 is 0. The maximum absolute atomic E-state index is 11.7. The van der Waals surface area contributed by atoms with E-state index in [1.54, 1.807) is 24.6 Å². The van der Waals surface area contributed by atoms with Gasteiger partial charge in [-0.1, -0.05) is 25.1 Å². The van der Waals surface area contributed by atoms with Crippen LogP contribution in [0.5, 0.6) is 0 Å². The molecule has 0 aliphatic carbocycles. The number of benzene rings is 1. The predicted molar refractivity (Wildman–Crippen MR) is 63.6 cm³/mol. The number of aromatic nitrogens is 1. The first-order valence-electron chi connectivity index (χ1n) is 5.43. The van der Waals surface area contributed by atoms with E-state index >= 15 is 0 Å². The molecule has 1 aromatic heterocycles. The molecule has 0 spiro atoms. The van der Waals surface area contributed by atoms with Gasteiger partial charge in [-0.05, 0) is 12.1 Å². The molecule has 1 aromatic carbocycles. The first kappa shape index (κ1) is 11.4. The van der Waals surface area contributed by atoms with E-state index in [0.717, 1.165) is 10.9 Å². The molecule has 0 amide bonds. The van der Waals surface area contributed by atoms with Gasteiger partial charge in [0.1, 0.15) is 5.69 Å². The molecule has 0 N–H and O–H groups in total. The van der Waals surface area contributed by atoms with Gasteiger partial charge >= 0.3 is 11.9 Å². The summed E-state index contributed by atoms with van der Waals surface area (Å²) in [7, 11) is 1.77. The van der Waals surface area contributed by atoms with Crippen molar-refractivity contribution in [2.45, 2.75) is 13.3 Å². The summed E-state index contributed by atoms with van der Waals surface area (Å²) in [6.45, 7) is 1.65. The highest BCUT2D eigenvalue weighted by molar-refractivity contribution is 6.00. The quantitative estimate of drug-likeness (QED) is 0.588. The first-order valence-corrected chi connectivity index (χ1v) is 5.43. The van der Waals surface area contributed by atoms with Crippen LogP contribution in [-0.4, -0.2) is 16.5 Å². The fourth-order valence-electron chi connectivity index (χ4n) is 1.71. The topological polar surface area (TPSA) is 48.3 Å². The molecule has 1 heterocycles. The summed E-state index contributed by atoms with van der Waals surface area (Å²) in [5, 5.41) is 0.950. The molecule has 0 saturated heterocycles. The highest BCUT2D eigenvalue weighted by Crippen LogP contribution is 2.18. The number of nitrogens with zero attached hydrogens (tertiary/aromatic N) is 1. The molecule has 4 heteroatoms. The van der Waals surface area contributed by atoms with Crippen molar-refractivity contribution in [2.75, 3.05) is 0 Å². The molecule has 88 valence electrons. The predicted octanol–water partition coefficient (Wildman–Crippen LogP) is 2.27. The van der Waals surface area contributed by atoms with Crippen molar-refractivity contribution in [3.8, 4) is 0 Å². The average Bonchev–Trinajstić information content (AvgIpc) is 2.67. The van der Waals surface area contributed by atoms with Gasteiger partial charge in [0.05, 0.1) is 0 Å². The Morgan fingerprint density at radius 2 is 2.00 bits per heavy atom. The second kappa shape index (κ2) is 4.41. The normalized spacial score (nSPS) is 10.5. The second-order valence-corrected chi connectivity index (χ2v) is 3.76. The molecule has 0 fully saturated rings.